The molecule has 3 nitrogen and oxygen atoms in total. The molecule has 0 bridgehead atoms. The van der Waals surface area contributed by atoms with E-state index in [1.54, 1.807) is 11.3 Å². The molecule has 0 aliphatic carbocycles. The highest BCUT2D eigenvalue weighted by molar-refractivity contribution is 7.14. The summed E-state index contributed by atoms with van der Waals surface area (Å²) in [5.74, 6) is 0.234. The minimum Gasteiger partial charge on any atom is -0.377 e. The number of carbonyl (C=O) groups is 1. The zero-order chi connectivity index (χ0) is 12.3. The molecule has 1 atom stereocenters. The van der Waals surface area contributed by atoms with Gasteiger partial charge in [0.15, 0.2) is 5.78 Å². The van der Waals surface area contributed by atoms with Crippen molar-refractivity contribution in [3.05, 3.63) is 21.9 Å². The van der Waals surface area contributed by atoms with Crippen LogP contribution in [0.5, 0.6) is 0 Å². The summed E-state index contributed by atoms with van der Waals surface area (Å²) in [4.78, 5) is 16.3. The number of hydrogen-bond acceptors (Lipinski definition) is 4. The first-order valence-corrected chi connectivity index (χ1v) is 6.90. The molecule has 4 heteroatoms. The van der Waals surface area contributed by atoms with Crippen LogP contribution in [-0.2, 0) is 4.74 Å². The average Bonchev–Trinajstić information content (AvgIpc) is 2.61. The first kappa shape index (κ1) is 12.7. The fourth-order valence-electron chi connectivity index (χ4n) is 2.09. The third-order valence-electron chi connectivity index (χ3n) is 2.92. The zero-order valence-electron chi connectivity index (χ0n) is 10.4. The van der Waals surface area contributed by atoms with Crippen molar-refractivity contribution < 1.29 is 9.53 Å². The van der Waals surface area contributed by atoms with Crippen molar-refractivity contribution in [2.75, 3.05) is 26.2 Å². The van der Waals surface area contributed by atoms with Crippen LogP contribution in [-0.4, -0.2) is 43.0 Å². The number of nitrogens with zero attached hydrogens (tertiary/aromatic N) is 1. The Morgan fingerprint density at radius 2 is 2.41 bits per heavy atom. The van der Waals surface area contributed by atoms with Gasteiger partial charge in [-0.05, 0) is 32.4 Å². The number of carbonyl (C=O) groups excluding carboxylic acids is 1. The summed E-state index contributed by atoms with van der Waals surface area (Å²) in [6.07, 6.45) is 1.25. The zero-order valence-corrected chi connectivity index (χ0v) is 11.3. The van der Waals surface area contributed by atoms with Crippen LogP contribution >= 0.6 is 11.3 Å². The number of thiophene rings is 1. The first-order chi connectivity index (χ1) is 8.15. The lowest BCUT2D eigenvalue weighted by atomic mass is 10.2. The molecular formula is C13H19NO2S. The van der Waals surface area contributed by atoms with Gasteiger partial charge in [0.2, 0.25) is 0 Å². The molecule has 94 valence electrons. The Kier molecular flexibility index (Phi) is 4.31. The Morgan fingerprint density at radius 3 is 3.12 bits per heavy atom. The Labute approximate surface area is 106 Å². The van der Waals surface area contributed by atoms with Gasteiger partial charge in [-0.15, -0.1) is 11.3 Å². The molecule has 0 spiro atoms. The molecule has 2 heterocycles. The van der Waals surface area contributed by atoms with Gasteiger partial charge >= 0.3 is 0 Å². The number of ketones is 1. The van der Waals surface area contributed by atoms with E-state index >= 15 is 0 Å². The quantitative estimate of drug-likeness (QED) is 0.774. The molecule has 1 unspecified atom stereocenters. The summed E-state index contributed by atoms with van der Waals surface area (Å²) in [7, 11) is 0. The molecule has 1 fully saturated rings. The van der Waals surface area contributed by atoms with Crippen LogP contribution in [0.15, 0.2) is 12.1 Å². The minimum atomic E-state index is 0.232. The summed E-state index contributed by atoms with van der Waals surface area (Å²) < 4.78 is 5.57. The summed E-state index contributed by atoms with van der Waals surface area (Å²) >= 11 is 1.58. The Morgan fingerprint density at radius 1 is 1.59 bits per heavy atom. The smallest absolute Gasteiger partial charge is 0.186 e. The highest BCUT2D eigenvalue weighted by Crippen LogP contribution is 2.16. The van der Waals surface area contributed by atoms with E-state index in [4.69, 9.17) is 4.74 Å². The lowest BCUT2D eigenvalue weighted by Gasteiger charge is -2.20. The van der Waals surface area contributed by atoms with Crippen molar-refractivity contribution >= 4 is 17.1 Å². The third kappa shape index (κ3) is 3.63. The molecule has 0 radical (unpaired) electrons. The fraction of sp³-hybridized carbons (Fsp3) is 0.615. The van der Waals surface area contributed by atoms with E-state index in [0.717, 1.165) is 31.0 Å². The van der Waals surface area contributed by atoms with Gasteiger partial charge in [-0.2, -0.15) is 0 Å². The summed E-state index contributed by atoms with van der Waals surface area (Å²) in [5, 5.41) is 0. The number of Topliss-reactive ketones (excluding diaryl/α,β-unsaturated/α-hetero) is 1. The maximum Gasteiger partial charge on any atom is 0.186 e. The van der Waals surface area contributed by atoms with E-state index in [0.29, 0.717) is 6.54 Å². The van der Waals surface area contributed by atoms with E-state index in [2.05, 4.69) is 11.8 Å². The van der Waals surface area contributed by atoms with E-state index in [-0.39, 0.29) is 11.9 Å². The van der Waals surface area contributed by atoms with Crippen LogP contribution in [0.3, 0.4) is 0 Å². The van der Waals surface area contributed by atoms with Crippen molar-refractivity contribution in [3.8, 4) is 0 Å². The van der Waals surface area contributed by atoms with E-state index < -0.39 is 0 Å². The second-order valence-corrected chi connectivity index (χ2v) is 5.89. The number of hydrogen-bond donors (Lipinski definition) is 0. The molecule has 1 aromatic heterocycles. The lowest BCUT2D eigenvalue weighted by molar-refractivity contribution is 0.0658. The molecule has 1 aromatic rings. The first-order valence-electron chi connectivity index (χ1n) is 6.09. The standard InChI is InChI=1S/C13H19NO2S/c1-10-8-14(6-3-7-16-10)9-12(15)13-5-4-11(2)17-13/h4-5,10H,3,6-9H2,1-2H3. The maximum absolute atomic E-state index is 12.1. The van der Waals surface area contributed by atoms with Gasteiger partial charge in [0, 0.05) is 24.6 Å². The van der Waals surface area contributed by atoms with Crippen LogP contribution in [0.2, 0.25) is 0 Å². The number of rotatable bonds is 3. The van der Waals surface area contributed by atoms with Crippen molar-refractivity contribution in [1.29, 1.82) is 0 Å². The molecule has 0 aromatic carbocycles. The summed E-state index contributed by atoms with van der Waals surface area (Å²) in [6, 6.07) is 3.94. The van der Waals surface area contributed by atoms with Gasteiger partial charge in [0.05, 0.1) is 17.5 Å². The molecule has 1 aliphatic heterocycles. The normalized spacial score (nSPS) is 22.4. The summed E-state index contributed by atoms with van der Waals surface area (Å²) in [5.41, 5.74) is 0. The highest BCUT2D eigenvalue weighted by Gasteiger charge is 2.18. The maximum atomic E-state index is 12.1. The molecule has 17 heavy (non-hydrogen) atoms. The van der Waals surface area contributed by atoms with E-state index in [1.807, 2.05) is 19.1 Å². The van der Waals surface area contributed by atoms with Crippen LogP contribution in [0.1, 0.15) is 27.9 Å². The second kappa shape index (κ2) is 5.76. The number of ether oxygens (including phenoxy) is 1. The van der Waals surface area contributed by atoms with Gasteiger partial charge in [0.25, 0.3) is 0 Å². The fourth-order valence-corrected chi connectivity index (χ4v) is 2.89. The Bertz CT molecular complexity index is 389. The van der Waals surface area contributed by atoms with Crippen molar-refractivity contribution in [2.45, 2.75) is 26.4 Å². The van der Waals surface area contributed by atoms with E-state index in [9.17, 15) is 4.79 Å². The summed E-state index contributed by atoms with van der Waals surface area (Å²) in [6.45, 7) is 7.25. The van der Waals surface area contributed by atoms with Crippen molar-refractivity contribution in [3.63, 3.8) is 0 Å². The molecule has 0 amide bonds. The topological polar surface area (TPSA) is 29.5 Å². The molecular weight excluding hydrogens is 234 g/mol. The third-order valence-corrected chi connectivity index (χ3v) is 3.96. The van der Waals surface area contributed by atoms with Gasteiger partial charge < -0.3 is 4.74 Å². The predicted molar refractivity (Wildman–Crippen MR) is 69.9 cm³/mol. The van der Waals surface area contributed by atoms with Gasteiger partial charge in [-0.25, -0.2) is 0 Å². The van der Waals surface area contributed by atoms with Crippen molar-refractivity contribution in [1.82, 2.24) is 4.90 Å². The SMILES string of the molecule is Cc1ccc(C(=O)CN2CCCOC(C)C2)s1. The number of aryl methyl sites for hydroxylation is 1. The Balaban J connectivity index is 1.93. The van der Waals surface area contributed by atoms with E-state index in [1.165, 1.54) is 4.88 Å². The van der Waals surface area contributed by atoms with Crippen LogP contribution < -0.4 is 0 Å². The highest BCUT2D eigenvalue weighted by atomic mass is 32.1. The average molecular weight is 253 g/mol. The van der Waals surface area contributed by atoms with Gasteiger partial charge in [-0.1, -0.05) is 0 Å². The largest absolute Gasteiger partial charge is 0.377 e. The minimum absolute atomic E-state index is 0.232. The van der Waals surface area contributed by atoms with Crippen LogP contribution in [0.4, 0.5) is 0 Å². The lowest BCUT2D eigenvalue weighted by Crippen LogP contribution is -2.34. The molecule has 1 aliphatic rings. The molecule has 1 saturated heterocycles. The Hall–Kier alpha value is -0.710. The second-order valence-electron chi connectivity index (χ2n) is 4.60. The van der Waals surface area contributed by atoms with Gasteiger partial charge in [-0.3, -0.25) is 9.69 Å². The van der Waals surface area contributed by atoms with Crippen molar-refractivity contribution in [2.24, 2.45) is 0 Å². The molecule has 0 N–H and O–H groups in total. The molecule has 2 rings (SSSR count). The molecule has 0 saturated carbocycles. The predicted octanol–water partition coefficient (Wildman–Crippen LogP) is 2.35. The van der Waals surface area contributed by atoms with Crippen LogP contribution in [0, 0.1) is 6.92 Å². The van der Waals surface area contributed by atoms with Gasteiger partial charge in [0.1, 0.15) is 0 Å². The van der Waals surface area contributed by atoms with Crippen LogP contribution in [0.25, 0.3) is 0 Å². The monoisotopic (exact) mass is 253 g/mol.